The molecule has 1 unspecified atom stereocenters. The fourth-order valence-electron chi connectivity index (χ4n) is 2.81. The average Bonchev–Trinajstić information content (AvgIpc) is 2.75. The fourth-order valence-corrected chi connectivity index (χ4v) is 2.93. The van der Waals surface area contributed by atoms with Crippen molar-refractivity contribution in [3.63, 3.8) is 0 Å². The van der Waals surface area contributed by atoms with Gasteiger partial charge in [0.1, 0.15) is 0 Å². The molecule has 1 atom stereocenters. The topological polar surface area (TPSA) is 103 Å². The first-order valence-electron chi connectivity index (χ1n) is 9.48. The van der Waals surface area contributed by atoms with E-state index in [-0.39, 0.29) is 18.9 Å². The van der Waals surface area contributed by atoms with Crippen molar-refractivity contribution >= 4 is 29.4 Å². The van der Waals surface area contributed by atoms with E-state index < -0.39 is 24.5 Å². The molecule has 0 heterocycles. The van der Waals surface area contributed by atoms with Crippen LogP contribution in [-0.2, 0) is 25.7 Å². The van der Waals surface area contributed by atoms with Gasteiger partial charge in [-0.2, -0.15) is 0 Å². The van der Waals surface area contributed by atoms with E-state index in [1.54, 1.807) is 42.5 Å². The number of esters is 1. The molecule has 0 saturated carbocycles. The van der Waals surface area contributed by atoms with Crippen LogP contribution in [0.25, 0.3) is 0 Å². The van der Waals surface area contributed by atoms with Crippen LogP contribution in [0.4, 0.5) is 0 Å². The van der Waals surface area contributed by atoms with Gasteiger partial charge in [0.2, 0.25) is 5.91 Å². The Hall–Kier alpha value is -3.26. The zero-order valence-electron chi connectivity index (χ0n) is 17.6. The molecule has 2 aromatic rings. The number of nitrogens with one attached hydrogen (secondary N) is 2. The second-order valence-corrected chi connectivity index (χ2v) is 7.07. The Labute approximate surface area is 185 Å². The summed E-state index contributed by atoms with van der Waals surface area (Å²) in [6, 6.07) is 11.4. The average molecular weight is 449 g/mol. The van der Waals surface area contributed by atoms with Gasteiger partial charge in [-0.1, -0.05) is 29.8 Å². The highest BCUT2D eigenvalue weighted by molar-refractivity contribution is 6.30. The molecule has 0 radical (unpaired) electrons. The second kappa shape index (κ2) is 11.8. The standard InChI is InChI=1S/C22H25ClN2O6/c1-14(26)25-18(16-5-7-17(23)8-6-16)11-22(28)31-13-21(27)24-12-15-4-9-19(29-2)20(10-15)30-3/h4-10,18H,11-13H2,1-3H3,(H,24,27)(H,25,26). The largest absolute Gasteiger partial charge is 0.493 e. The summed E-state index contributed by atoms with van der Waals surface area (Å²) in [6.07, 6.45) is -0.121. The first-order valence-corrected chi connectivity index (χ1v) is 9.86. The minimum absolute atomic E-state index is 0.121. The Kier molecular flexibility index (Phi) is 9.14. The van der Waals surface area contributed by atoms with E-state index in [9.17, 15) is 14.4 Å². The lowest BCUT2D eigenvalue weighted by molar-refractivity contribution is -0.149. The summed E-state index contributed by atoms with van der Waals surface area (Å²) in [5.41, 5.74) is 1.50. The van der Waals surface area contributed by atoms with Crippen LogP contribution in [0.15, 0.2) is 42.5 Å². The van der Waals surface area contributed by atoms with Crippen molar-refractivity contribution < 1.29 is 28.6 Å². The number of benzene rings is 2. The van der Waals surface area contributed by atoms with Gasteiger partial charge in [-0.15, -0.1) is 0 Å². The predicted molar refractivity (Wildman–Crippen MR) is 115 cm³/mol. The number of carbonyl (C=O) groups excluding carboxylic acids is 3. The van der Waals surface area contributed by atoms with Gasteiger partial charge in [0, 0.05) is 18.5 Å². The molecule has 0 fully saturated rings. The fraction of sp³-hybridized carbons (Fsp3) is 0.318. The third-order valence-corrected chi connectivity index (χ3v) is 4.57. The number of methoxy groups -OCH3 is 2. The van der Waals surface area contributed by atoms with Crippen molar-refractivity contribution in [2.75, 3.05) is 20.8 Å². The normalized spacial score (nSPS) is 11.2. The summed E-state index contributed by atoms with van der Waals surface area (Å²) < 4.78 is 15.5. The molecule has 2 rings (SSSR count). The maximum Gasteiger partial charge on any atom is 0.308 e. The summed E-state index contributed by atoms with van der Waals surface area (Å²) >= 11 is 5.88. The molecule has 2 aromatic carbocycles. The molecule has 2 amide bonds. The highest BCUT2D eigenvalue weighted by atomic mass is 35.5. The number of ether oxygens (including phenoxy) is 3. The molecule has 0 bridgehead atoms. The first kappa shape index (κ1) is 24.0. The second-order valence-electron chi connectivity index (χ2n) is 6.64. The highest BCUT2D eigenvalue weighted by Gasteiger charge is 2.19. The van der Waals surface area contributed by atoms with Gasteiger partial charge in [-0.3, -0.25) is 14.4 Å². The summed E-state index contributed by atoms with van der Waals surface area (Å²) in [5.74, 6) is -0.228. The molecule has 0 aromatic heterocycles. The minimum atomic E-state index is -0.616. The Morgan fingerprint density at radius 3 is 2.29 bits per heavy atom. The molecule has 8 nitrogen and oxygen atoms in total. The molecule has 9 heteroatoms. The van der Waals surface area contributed by atoms with Crippen molar-refractivity contribution in [2.24, 2.45) is 0 Å². The summed E-state index contributed by atoms with van der Waals surface area (Å²) in [6.45, 7) is 1.16. The van der Waals surface area contributed by atoms with Gasteiger partial charge >= 0.3 is 5.97 Å². The van der Waals surface area contributed by atoms with E-state index in [0.717, 1.165) is 5.56 Å². The third kappa shape index (κ3) is 7.82. The first-order chi connectivity index (χ1) is 14.8. The van der Waals surface area contributed by atoms with Crippen LogP contribution in [0.5, 0.6) is 11.5 Å². The number of hydrogen-bond acceptors (Lipinski definition) is 6. The Morgan fingerprint density at radius 1 is 1.00 bits per heavy atom. The van der Waals surface area contributed by atoms with Gasteiger partial charge in [-0.05, 0) is 35.4 Å². The number of amides is 2. The Morgan fingerprint density at radius 2 is 1.68 bits per heavy atom. The van der Waals surface area contributed by atoms with Crippen LogP contribution in [0, 0.1) is 0 Å². The maximum atomic E-state index is 12.2. The van der Waals surface area contributed by atoms with Crippen molar-refractivity contribution in [3.05, 3.63) is 58.6 Å². The van der Waals surface area contributed by atoms with Gasteiger partial charge in [0.25, 0.3) is 5.91 Å². The van der Waals surface area contributed by atoms with Gasteiger partial charge in [0.15, 0.2) is 18.1 Å². The van der Waals surface area contributed by atoms with Gasteiger partial charge < -0.3 is 24.8 Å². The number of rotatable bonds is 10. The molecular weight excluding hydrogens is 424 g/mol. The lowest BCUT2D eigenvalue weighted by Crippen LogP contribution is -2.31. The quantitative estimate of drug-likeness (QED) is 0.542. The Bertz CT molecular complexity index is 917. The summed E-state index contributed by atoms with van der Waals surface area (Å²) in [4.78, 5) is 35.7. The SMILES string of the molecule is COc1ccc(CNC(=O)COC(=O)CC(NC(C)=O)c2ccc(Cl)cc2)cc1OC. The molecule has 0 aliphatic carbocycles. The van der Waals surface area contributed by atoms with E-state index in [2.05, 4.69) is 10.6 Å². The van der Waals surface area contributed by atoms with Crippen molar-refractivity contribution in [3.8, 4) is 11.5 Å². The van der Waals surface area contributed by atoms with Crippen molar-refractivity contribution in [2.45, 2.75) is 25.9 Å². The van der Waals surface area contributed by atoms with Crippen LogP contribution in [0.3, 0.4) is 0 Å². The molecule has 0 aliphatic rings. The predicted octanol–water partition coefficient (Wildman–Crippen LogP) is 2.78. The smallest absolute Gasteiger partial charge is 0.308 e. The van der Waals surface area contributed by atoms with Gasteiger partial charge in [0.05, 0.1) is 26.7 Å². The number of carbonyl (C=O) groups is 3. The van der Waals surface area contributed by atoms with E-state index in [1.165, 1.54) is 21.1 Å². The lowest BCUT2D eigenvalue weighted by atomic mass is 10.0. The monoisotopic (exact) mass is 448 g/mol. The van der Waals surface area contributed by atoms with Gasteiger partial charge in [-0.25, -0.2) is 0 Å². The number of halogens is 1. The third-order valence-electron chi connectivity index (χ3n) is 4.32. The zero-order chi connectivity index (χ0) is 22.8. The molecule has 0 spiro atoms. The van der Waals surface area contributed by atoms with Crippen molar-refractivity contribution in [1.82, 2.24) is 10.6 Å². The Balaban J connectivity index is 1.85. The minimum Gasteiger partial charge on any atom is -0.493 e. The molecule has 31 heavy (non-hydrogen) atoms. The van der Waals surface area contributed by atoms with Crippen LogP contribution >= 0.6 is 11.6 Å². The molecule has 166 valence electrons. The molecule has 2 N–H and O–H groups in total. The molecular formula is C22H25ClN2O6. The maximum absolute atomic E-state index is 12.2. The highest BCUT2D eigenvalue weighted by Crippen LogP contribution is 2.27. The molecule has 0 saturated heterocycles. The van der Waals surface area contributed by atoms with E-state index >= 15 is 0 Å². The van der Waals surface area contributed by atoms with E-state index in [1.807, 2.05) is 0 Å². The zero-order valence-corrected chi connectivity index (χ0v) is 18.3. The van der Waals surface area contributed by atoms with E-state index in [4.69, 9.17) is 25.8 Å². The van der Waals surface area contributed by atoms with Crippen LogP contribution in [-0.4, -0.2) is 38.6 Å². The van der Waals surface area contributed by atoms with Crippen molar-refractivity contribution in [1.29, 1.82) is 0 Å². The van der Waals surface area contributed by atoms with Crippen LogP contribution in [0.2, 0.25) is 5.02 Å². The molecule has 0 aliphatic heterocycles. The summed E-state index contributed by atoms with van der Waals surface area (Å²) in [5, 5.41) is 5.91. The lowest BCUT2D eigenvalue weighted by Gasteiger charge is -2.17. The summed E-state index contributed by atoms with van der Waals surface area (Å²) in [7, 11) is 3.06. The van der Waals surface area contributed by atoms with E-state index in [0.29, 0.717) is 22.1 Å². The van der Waals surface area contributed by atoms with Crippen LogP contribution in [0.1, 0.15) is 30.5 Å². The van der Waals surface area contributed by atoms with Crippen LogP contribution < -0.4 is 20.1 Å². The number of hydrogen-bond donors (Lipinski definition) is 2.